The number of carbonyl (C=O) groups excluding carboxylic acids is 1. The molecule has 31 heavy (non-hydrogen) atoms. The van der Waals surface area contributed by atoms with Crippen LogP contribution in [0, 0.1) is 5.92 Å². The molecule has 1 unspecified atom stereocenters. The first-order valence-electron chi connectivity index (χ1n) is 11.3. The van der Waals surface area contributed by atoms with Crippen LogP contribution in [0.3, 0.4) is 0 Å². The Kier molecular flexibility index (Phi) is 6.06. The lowest BCUT2D eigenvalue weighted by molar-refractivity contribution is -0.133. The van der Waals surface area contributed by atoms with Crippen molar-refractivity contribution in [3.63, 3.8) is 0 Å². The van der Waals surface area contributed by atoms with Gasteiger partial charge in [-0.2, -0.15) is 0 Å². The molecule has 5 nitrogen and oxygen atoms in total. The van der Waals surface area contributed by atoms with E-state index in [0.29, 0.717) is 37.1 Å². The summed E-state index contributed by atoms with van der Waals surface area (Å²) in [4.78, 5) is 14.7. The summed E-state index contributed by atoms with van der Waals surface area (Å²) in [7, 11) is 0. The highest BCUT2D eigenvalue weighted by atomic mass is 35.5. The molecular formula is C25H28ClNO4. The molecule has 2 aromatic carbocycles. The number of ether oxygens (including phenoxy) is 3. The number of nitrogens with zero attached hydrogens (tertiary/aromatic N) is 1. The Morgan fingerprint density at radius 3 is 2.77 bits per heavy atom. The van der Waals surface area contributed by atoms with Crippen molar-refractivity contribution >= 4 is 17.5 Å². The molecule has 0 spiro atoms. The number of rotatable bonds is 5. The first kappa shape index (κ1) is 20.7. The van der Waals surface area contributed by atoms with E-state index in [4.69, 9.17) is 25.8 Å². The Labute approximate surface area is 188 Å². The molecule has 1 amide bonds. The van der Waals surface area contributed by atoms with Crippen LogP contribution >= 0.6 is 11.6 Å². The Bertz CT molecular complexity index is 953. The molecule has 1 aliphatic carbocycles. The molecule has 2 aromatic rings. The Balaban J connectivity index is 1.47. The van der Waals surface area contributed by atoms with Crippen LogP contribution in [-0.4, -0.2) is 43.3 Å². The fourth-order valence-corrected chi connectivity index (χ4v) is 4.51. The van der Waals surface area contributed by atoms with Gasteiger partial charge in [-0.1, -0.05) is 23.7 Å². The standard InChI is InChI=1S/C25H28ClNO4/c26-21-5-3-4-18(13-21)19-12-20-15-27(25(28)17-7-8-17)9-11-30-24(20)23(14-19)31-16-22-6-1-2-10-29-22/h3-5,12-14,17,22H,1-2,6-11,15-16H2. The summed E-state index contributed by atoms with van der Waals surface area (Å²) in [6, 6.07) is 11.9. The molecule has 0 N–H and O–H groups in total. The van der Waals surface area contributed by atoms with Gasteiger partial charge in [0.25, 0.3) is 0 Å². The lowest BCUT2D eigenvalue weighted by atomic mass is 10.0. The van der Waals surface area contributed by atoms with Crippen LogP contribution < -0.4 is 9.47 Å². The van der Waals surface area contributed by atoms with Gasteiger partial charge in [0.2, 0.25) is 5.91 Å². The van der Waals surface area contributed by atoms with Crippen LogP contribution in [-0.2, 0) is 16.1 Å². The largest absolute Gasteiger partial charge is 0.487 e. The summed E-state index contributed by atoms with van der Waals surface area (Å²) in [5, 5.41) is 0.687. The van der Waals surface area contributed by atoms with E-state index in [2.05, 4.69) is 6.07 Å². The van der Waals surface area contributed by atoms with E-state index < -0.39 is 0 Å². The Hall–Kier alpha value is -2.24. The summed E-state index contributed by atoms with van der Waals surface area (Å²) < 4.78 is 18.2. The van der Waals surface area contributed by atoms with Gasteiger partial charge >= 0.3 is 0 Å². The quantitative estimate of drug-likeness (QED) is 0.648. The average molecular weight is 442 g/mol. The van der Waals surface area contributed by atoms with Gasteiger partial charge in [0, 0.05) is 29.7 Å². The van der Waals surface area contributed by atoms with Gasteiger partial charge < -0.3 is 19.1 Å². The molecule has 2 aliphatic heterocycles. The van der Waals surface area contributed by atoms with Gasteiger partial charge in [0.15, 0.2) is 11.5 Å². The molecule has 0 aromatic heterocycles. The Morgan fingerprint density at radius 2 is 2.00 bits per heavy atom. The van der Waals surface area contributed by atoms with Crippen LogP contribution in [0.25, 0.3) is 11.1 Å². The topological polar surface area (TPSA) is 48.0 Å². The molecule has 1 atom stereocenters. The number of amides is 1. The van der Waals surface area contributed by atoms with Gasteiger partial charge in [0.1, 0.15) is 13.2 Å². The molecule has 1 saturated carbocycles. The summed E-state index contributed by atoms with van der Waals surface area (Å²) >= 11 is 6.25. The molecule has 1 saturated heterocycles. The van der Waals surface area contributed by atoms with Crippen molar-refractivity contribution in [1.82, 2.24) is 4.90 Å². The van der Waals surface area contributed by atoms with Gasteiger partial charge in [-0.15, -0.1) is 0 Å². The average Bonchev–Trinajstić information content (AvgIpc) is 3.64. The van der Waals surface area contributed by atoms with Crippen molar-refractivity contribution in [2.45, 2.75) is 44.8 Å². The maximum absolute atomic E-state index is 12.7. The van der Waals surface area contributed by atoms with E-state index in [1.165, 1.54) is 6.42 Å². The van der Waals surface area contributed by atoms with Gasteiger partial charge in [-0.25, -0.2) is 0 Å². The lowest BCUT2D eigenvalue weighted by Crippen LogP contribution is -2.33. The predicted molar refractivity (Wildman–Crippen MR) is 120 cm³/mol. The first-order chi connectivity index (χ1) is 15.2. The fourth-order valence-electron chi connectivity index (χ4n) is 4.32. The van der Waals surface area contributed by atoms with E-state index in [-0.39, 0.29) is 17.9 Å². The van der Waals surface area contributed by atoms with Crippen LogP contribution in [0.1, 0.15) is 37.7 Å². The molecule has 0 radical (unpaired) electrons. The zero-order valence-electron chi connectivity index (χ0n) is 17.6. The lowest BCUT2D eigenvalue weighted by Gasteiger charge is -2.24. The zero-order valence-corrected chi connectivity index (χ0v) is 18.4. The third kappa shape index (κ3) is 4.83. The molecule has 5 rings (SSSR count). The summed E-state index contributed by atoms with van der Waals surface area (Å²) in [5.41, 5.74) is 2.99. The predicted octanol–water partition coefficient (Wildman–Crippen LogP) is 5.09. The van der Waals surface area contributed by atoms with Crippen LogP contribution in [0.15, 0.2) is 36.4 Å². The van der Waals surface area contributed by atoms with Gasteiger partial charge in [-0.05, 0) is 67.5 Å². The molecule has 3 aliphatic rings. The highest BCUT2D eigenvalue weighted by molar-refractivity contribution is 6.30. The summed E-state index contributed by atoms with van der Waals surface area (Å²) in [5.74, 6) is 1.88. The molecule has 6 heteroatoms. The van der Waals surface area contributed by atoms with Crippen molar-refractivity contribution in [1.29, 1.82) is 0 Å². The van der Waals surface area contributed by atoms with E-state index in [9.17, 15) is 4.79 Å². The minimum Gasteiger partial charge on any atom is -0.487 e. The third-order valence-electron chi connectivity index (χ3n) is 6.20. The monoisotopic (exact) mass is 441 g/mol. The maximum atomic E-state index is 12.7. The van der Waals surface area contributed by atoms with E-state index in [0.717, 1.165) is 54.7 Å². The smallest absolute Gasteiger partial charge is 0.226 e. The van der Waals surface area contributed by atoms with E-state index in [1.54, 1.807) is 0 Å². The minimum atomic E-state index is 0.109. The van der Waals surface area contributed by atoms with Crippen LogP contribution in [0.4, 0.5) is 0 Å². The number of hydrogen-bond acceptors (Lipinski definition) is 4. The molecule has 2 heterocycles. The number of hydrogen-bond donors (Lipinski definition) is 0. The van der Waals surface area contributed by atoms with Crippen molar-refractivity contribution in [3.05, 3.63) is 47.0 Å². The normalized spacial score (nSPS) is 21.1. The second-order valence-corrected chi connectivity index (χ2v) is 9.09. The van der Waals surface area contributed by atoms with Gasteiger partial charge in [-0.3, -0.25) is 4.79 Å². The number of benzene rings is 2. The number of fused-ring (bicyclic) bond motifs is 1. The van der Waals surface area contributed by atoms with Crippen molar-refractivity contribution in [3.8, 4) is 22.6 Å². The summed E-state index contributed by atoms with van der Waals surface area (Å²) in [6.07, 6.45) is 5.41. The number of halogens is 1. The number of carbonyl (C=O) groups is 1. The Morgan fingerprint density at radius 1 is 1.10 bits per heavy atom. The molecular weight excluding hydrogens is 414 g/mol. The third-order valence-corrected chi connectivity index (χ3v) is 6.43. The van der Waals surface area contributed by atoms with Crippen LogP contribution in [0.5, 0.6) is 11.5 Å². The van der Waals surface area contributed by atoms with Crippen molar-refractivity contribution < 1.29 is 19.0 Å². The second-order valence-electron chi connectivity index (χ2n) is 8.66. The highest BCUT2D eigenvalue weighted by Gasteiger charge is 2.35. The fraction of sp³-hybridized carbons (Fsp3) is 0.480. The maximum Gasteiger partial charge on any atom is 0.226 e. The van der Waals surface area contributed by atoms with Crippen molar-refractivity contribution in [2.75, 3.05) is 26.4 Å². The molecule has 164 valence electrons. The SMILES string of the molecule is O=C(C1CC1)N1CCOc2c(cc(-c3cccc(Cl)c3)cc2OCC2CCCCO2)C1. The van der Waals surface area contributed by atoms with E-state index >= 15 is 0 Å². The first-order valence-corrected chi connectivity index (χ1v) is 11.6. The van der Waals surface area contributed by atoms with Gasteiger partial charge in [0.05, 0.1) is 12.6 Å². The minimum absolute atomic E-state index is 0.109. The van der Waals surface area contributed by atoms with Crippen molar-refractivity contribution in [2.24, 2.45) is 5.92 Å². The highest BCUT2D eigenvalue weighted by Crippen LogP contribution is 2.40. The van der Waals surface area contributed by atoms with E-state index in [1.807, 2.05) is 35.2 Å². The second kappa shape index (κ2) is 9.09. The van der Waals surface area contributed by atoms with Crippen LogP contribution in [0.2, 0.25) is 5.02 Å². The molecule has 2 fully saturated rings. The summed E-state index contributed by atoms with van der Waals surface area (Å²) in [6.45, 7) is 2.90. The zero-order chi connectivity index (χ0) is 21.2. The molecule has 0 bridgehead atoms.